The second-order valence-electron chi connectivity index (χ2n) is 5.64. The molecule has 0 N–H and O–H groups in total. The van der Waals surface area contributed by atoms with Gasteiger partial charge in [0.05, 0.1) is 10.6 Å². The molecule has 3 heterocycles. The first-order valence-corrected chi connectivity index (χ1v) is 10.1. The van der Waals surface area contributed by atoms with E-state index in [1.54, 1.807) is 23.1 Å². The summed E-state index contributed by atoms with van der Waals surface area (Å²) in [6, 6.07) is 12.2. The van der Waals surface area contributed by atoms with E-state index < -0.39 is 0 Å². The monoisotopic (exact) mass is 383 g/mol. The maximum Gasteiger partial charge on any atom is 0.237 e. The van der Waals surface area contributed by atoms with E-state index in [2.05, 4.69) is 50.9 Å². The minimum absolute atomic E-state index is 0.560. The van der Waals surface area contributed by atoms with Gasteiger partial charge >= 0.3 is 0 Å². The molecule has 0 saturated heterocycles. The number of hydrogen-bond acceptors (Lipinski definition) is 7. The Morgan fingerprint density at radius 2 is 2.04 bits per heavy atom. The third kappa shape index (κ3) is 3.30. The Bertz CT molecular complexity index is 1010. The first kappa shape index (κ1) is 17.0. The van der Waals surface area contributed by atoms with Gasteiger partial charge in [-0.25, -0.2) is 0 Å². The largest absolute Gasteiger partial charge is 0.338 e. The summed E-state index contributed by atoms with van der Waals surface area (Å²) >= 11 is 3.15. The van der Waals surface area contributed by atoms with Crippen LogP contribution in [0.5, 0.6) is 0 Å². The molecular formula is C18H17N5OS2. The fourth-order valence-electron chi connectivity index (χ4n) is 2.65. The van der Waals surface area contributed by atoms with Crippen molar-refractivity contribution in [1.29, 1.82) is 0 Å². The standard InChI is InChI=1S/C18H17N5OS2/c1-3-23-17(13-8-5-4-7-12(13)2)20-21-18(23)26-11-15-19-16(22-24-15)14-9-6-10-25-14/h4-10H,3,11H2,1-2H3. The van der Waals surface area contributed by atoms with Crippen LogP contribution in [0.1, 0.15) is 18.4 Å². The molecule has 8 heteroatoms. The van der Waals surface area contributed by atoms with Gasteiger partial charge in [-0.2, -0.15) is 4.98 Å². The van der Waals surface area contributed by atoms with Gasteiger partial charge < -0.3 is 9.09 Å². The molecule has 0 aliphatic heterocycles. The smallest absolute Gasteiger partial charge is 0.237 e. The number of thioether (sulfide) groups is 1. The van der Waals surface area contributed by atoms with Gasteiger partial charge in [0.2, 0.25) is 11.7 Å². The van der Waals surface area contributed by atoms with Gasteiger partial charge in [0.25, 0.3) is 0 Å². The van der Waals surface area contributed by atoms with Crippen LogP contribution < -0.4 is 0 Å². The van der Waals surface area contributed by atoms with E-state index >= 15 is 0 Å². The fourth-order valence-corrected chi connectivity index (χ4v) is 4.14. The molecule has 0 radical (unpaired) electrons. The van der Waals surface area contributed by atoms with Crippen LogP contribution in [-0.2, 0) is 12.3 Å². The maximum atomic E-state index is 5.36. The zero-order chi connectivity index (χ0) is 17.9. The molecule has 4 rings (SSSR count). The molecule has 0 aliphatic rings. The van der Waals surface area contributed by atoms with E-state index in [4.69, 9.17) is 4.52 Å². The fraction of sp³-hybridized carbons (Fsp3) is 0.222. The third-order valence-electron chi connectivity index (χ3n) is 3.95. The lowest BCUT2D eigenvalue weighted by molar-refractivity contribution is 0.391. The van der Waals surface area contributed by atoms with Gasteiger partial charge in [0.15, 0.2) is 11.0 Å². The highest BCUT2D eigenvalue weighted by Crippen LogP contribution is 2.28. The third-order valence-corrected chi connectivity index (χ3v) is 5.77. The van der Waals surface area contributed by atoms with Crippen LogP contribution in [0, 0.1) is 6.92 Å². The minimum Gasteiger partial charge on any atom is -0.338 e. The molecule has 132 valence electrons. The van der Waals surface area contributed by atoms with Crippen molar-refractivity contribution in [3.63, 3.8) is 0 Å². The van der Waals surface area contributed by atoms with Gasteiger partial charge in [0, 0.05) is 12.1 Å². The predicted molar refractivity (Wildman–Crippen MR) is 103 cm³/mol. The quantitative estimate of drug-likeness (QED) is 0.450. The zero-order valence-electron chi connectivity index (χ0n) is 14.4. The second kappa shape index (κ2) is 7.43. The van der Waals surface area contributed by atoms with Crippen molar-refractivity contribution in [3.8, 4) is 22.1 Å². The number of hydrogen-bond donors (Lipinski definition) is 0. The average Bonchev–Trinajstić information content (AvgIpc) is 3.39. The van der Waals surface area contributed by atoms with Crippen molar-refractivity contribution < 1.29 is 4.52 Å². The number of thiophene rings is 1. The Morgan fingerprint density at radius 1 is 1.15 bits per heavy atom. The van der Waals surface area contributed by atoms with Crippen LogP contribution in [0.3, 0.4) is 0 Å². The van der Waals surface area contributed by atoms with Crippen LogP contribution in [0.2, 0.25) is 0 Å². The van der Waals surface area contributed by atoms with E-state index in [9.17, 15) is 0 Å². The SMILES string of the molecule is CCn1c(SCc2nc(-c3cccs3)no2)nnc1-c1ccccc1C. The molecule has 0 aliphatic carbocycles. The Labute approximate surface area is 159 Å². The molecule has 4 aromatic rings. The molecule has 0 amide bonds. The van der Waals surface area contributed by atoms with Crippen LogP contribution in [0.15, 0.2) is 51.5 Å². The highest BCUT2D eigenvalue weighted by Gasteiger charge is 2.16. The van der Waals surface area contributed by atoms with Crippen molar-refractivity contribution in [1.82, 2.24) is 24.9 Å². The molecule has 0 bridgehead atoms. The van der Waals surface area contributed by atoms with E-state index in [1.165, 1.54) is 5.56 Å². The van der Waals surface area contributed by atoms with Crippen molar-refractivity contribution in [2.24, 2.45) is 0 Å². The Morgan fingerprint density at radius 3 is 2.81 bits per heavy atom. The first-order chi connectivity index (χ1) is 12.8. The average molecular weight is 384 g/mol. The summed E-state index contributed by atoms with van der Waals surface area (Å²) in [5.41, 5.74) is 2.29. The van der Waals surface area contributed by atoms with E-state index in [1.807, 2.05) is 29.6 Å². The molecule has 1 aromatic carbocycles. The lowest BCUT2D eigenvalue weighted by Gasteiger charge is -2.08. The van der Waals surface area contributed by atoms with Gasteiger partial charge in [-0.1, -0.05) is 47.3 Å². The van der Waals surface area contributed by atoms with Crippen molar-refractivity contribution in [2.45, 2.75) is 31.3 Å². The van der Waals surface area contributed by atoms with E-state index in [0.29, 0.717) is 17.5 Å². The first-order valence-electron chi connectivity index (χ1n) is 8.24. The van der Waals surface area contributed by atoms with E-state index in [-0.39, 0.29) is 0 Å². The molecule has 0 saturated carbocycles. The van der Waals surface area contributed by atoms with E-state index in [0.717, 1.165) is 28.0 Å². The Kier molecular flexibility index (Phi) is 4.85. The summed E-state index contributed by atoms with van der Waals surface area (Å²) in [4.78, 5) is 5.46. The summed E-state index contributed by atoms with van der Waals surface area (Å²) in [5.74, 6) is 2.66. The van der Waals surface area contributed by atoms with Crippen LogP contribution in [-0.4, -0.2) is 24.9 Å². The summed E-state index contributed by atoms with van der Waals surface area (Å²) < 4.78 is 7.48. The number of rotatable bonds is 6. The highest BCUT2D eigenvalue weighted by molar-refractivity contribution is 7.98. The summed E-state index contributed by atoms with van der Waals surface area (Å²) in [5, 5.41) is 15.7. The van der Waals surface area contributed by atoms with Crippen molar-refractivity contribution >= 4 is 23.1 Å². The minimum atomic E-state index is 0.560. The van der Waals surface area contributed by atoms with Crippen molar-refractivity contribution in [3.05, 3.63) is 53.2 Å². The molecule has 0 fully saturated rings. The van der Waals surface area contributed by atoms with Crippen LogP contribution in [0.4, 0.5) is 0 Å². The lowest BCUT2D eigenvalue weighted by Crippen LogP contribution is -2.00. The maximum absolute atomic E-state index is 5.36. The predicted octanol–water partition coefficient (Wildman–Crippen LogP) is 4.68. The number of nitrogens with zero attached hydrogens (tertiary/aromatic N) is 5. The second-order valence-corrected chi connectivity index (χ2v) is 7.53. The molecule has 0 atom stereocenters. The Balaban J connectivity index is 1.53. The molecule has 3 aromatic heterocycles. The van der Waals surface area contributed by atoms with Gasteiger partial charge in [0.1, 0.15) is 0 Å². The summed E-state index contributed by atoms with van der Waals surface area (Å²) in [6.45, 7) is 4.97. The molecular weight excluding hydrogens is 366 g/mol. The summed E-state index contributed by atoms with van der Waals surface area (Å²) in [6.07, 6.45) is 0. The van der Waals surface area contributed by atoms with Gasteiger partial charge in [-0.3, -0.25) is 0 Å². The number of aromatic nitrogens is 5. The molecule has 0 spiro atoms. The lowest BCUT2D eigenvalue weighted by atomic mass is 10.1. The molecule has 6 nitrogen and oxygen atoms in total. The number of aryl methyl sites for hydroxylation is 1. The molecule has 0 unspecified atom stereocenters. The van der Waals surface area contributed by atoms with Crippen LogP contribution in [0.25, 0.3) is 22.1 Å². The van der Waals surface area contributed by atoms with Gasteiger partial charge in [-0.15, -0.1) is 21.5 Å². The normalized spacial score (nSPS) is 11.2. The van der Waals surface area contributed by atoms with Gasteiger partial charge in [-0.05, 0) is 30.9 Å². The van der Waals surface area contributed by atoms with Crippen molar-refractivity contribution in [2.75, 3.05) is 0 Å². The highest BCUT2D eigenvalue weighted by atomic mass is 32.2. The molecule has 26 heavy (non-hydrogen) atoms. The summed E-state index contributed by atoms with van der Waals surface area (Å²) in [7, 11) is 0. The topological polar surface area (TPSA) is 69.6 Å². The zero-order valence-corrected chi connectivity index (χ0v) is 16.0. The Hall–Kier alpha value is -2.45. The number of benzene rings is 1. The van der Waals surface area contributed by atoms with Crippen LogP contribution >= 0.6 is 23.1 Å².